The zero-order valence-electron chi connectivity index (χ0n) is 20.3. The highest BCUT2D eigenvalue weighted by Gasteiger charge is 2.34. The summed E-state index contributed by atoms with van der Waals surface area (Å²) in [6, 6.07) is 13.0. The number of benzene rings is 2. The first kappa shape index (κ1) is 28.0. The van der Waals surface area contributed by atoms with Crippen LogP contribution in [0.25, 0.3) is 0 Å². The van der Waals surface area contributed by atoms with Crippen LogP contribution in [0.15, 0.2) is 54.6 Å². The van der Waals surface area contributed by atoms with E-state index in [0.29, 0.717) is 5.56 Å². The summed E-state index contributed by atoms with van der Waals surface area (Å²) in [5.74, 6) is -3.36. The fourth-order valence-electron chi connectivity index (χ4n) is 3.60. The van der Waals surface area contributed by atoms with Crippen molar-refractivity contribution >= 4 is 29.4 Å². The van der Waals surface area contributed by atoms with Gasteiger partial charge in [-0.3, -0.25) is 24.5 Å². The molecule has 2 N–H and O–H groups in total. The zero-order chi connectivity index (χ0) is 26.7. The van der Waals surface area contributed by atoms with Crippen molar-refractivity contribution in [2.45, 2.75) is 44.2 Å². The van der Waals surface area contributed by atoms with Crippen LogP contribution in [0.2, 0.25) is 0 Å². The SMILES string of the molecule is COC(=O)C[C@H](c1ccc([N+](=O)[O-])cc1)[C@@H](NC(=O)CCC(=O)N[C@H](C)c1ccccc1)C(=O)OC. The average Bonchev–Trinajstić information content (AvgIpc) is 2.89. The number of nitrogens with zero attached hydrogens (tertiary/aromatic N) is 1. The number of ether oxygens (including phenoxy) is 2. The van der Waals surface area contributed by atoms with Crippen LogP contribution in [0.5, 0.6) is 0 Å². The number of carbonyl (C=O) groups is 4. The lowest BCUT2D eigenvalue weighted by Gasteiger charge is -2.26. The lowest BCUT2D eigenvalue weighted by Crippen LogP contribution is -2.46. The van der Waals surface area contributed by atoms with Gasteiger partial charge in [0.05, 0.1) is 31.6 Å². The topological polar surface area (TPSA) is 154 Å². The number of hydrogen-bond acceptors (Lipinski definition) is 8. The van der Waals surface area contributed by atoms with Crippen LogP contribution in [0.4, 0.5) is 5.69 Å². The molecule has 0 fully saturated rings. The highest BCUT2D eigenvalue weighted by Crippen LogP contribution is 2.27. The van der Waals surface area contributed by atoms with E-state index in [1.165, 1.54) is 31.4 Å². The van der Waals surface area contributed by atoms with Crippen molar-refractivity contribution in [1.82, 2.24) is 10.6 Å². The Hall–Kier alpha value is -4.28. The minimum Gasteiger partial charge on any atom is -0.469 e. The summed E-state index contributed by atoms with van der Waals surface area (Å²) in [7, 11) is 2.31. The van der Waals surface area contributed by atoms with Gasteiger partial charge in [0.25, 0.3) is 5.69 Å². The first-order valence-corrected chi connectivity index (χ1v) is 11.2. The van der Waals surface area contributed by atoms with Crippen molar-refractivity contribution in [2.24, 2.45) is 0 Å². The molecule has 192 valence electrons. The van der Waals surface area contributed by atoms with Gasteiger partial charge in [0.2, 0.25) is 11.8 Å². The fraction of sp³-hybridized carbons (Fsp3) is 0.360. The smallest absolute Gasteiger partial charge is 0.329 e. The van der Waals surface area contributed by atoms with Crippen LogP contribution >= 0.6 is 0 Å². The molecule has 0 aliphatic carbocycles. The molecule has 2 rings (SSSR count). The predicted octanol–water partition coefficient (Wildman–Crippen LogP) is 2.56. The Balaban J connectivity index is 2.12. The molecule has 0 aliphatic heterocycles. The third-order valence-electron chi connectivity index (χ3n) is 5.58. The summed E-state index contributed by atoms with van der Waals surface area (Å²) in [5.41, 5.74) is 1.12. The van der Waals surface area contributed by atoms with Gasteiger partial charge in [-0.2, -0.15) is 0 Å². The van der Waals surface area contributed by atoms with Crippen LogP contribution in [-0.4, -0.2) is 48.9 Å². The van der Waals surface area contributed by atoms with E-state index in [1.54, 1.807) is 0 Å². The Morgan fingerprint density at radius 2 is 1.44 bits per heavy atom. The molecule has 0 radical (unpaired) electrons. The fourth-order valence-corrected chi connectivity index (χ4v) is 3.60. The third-order valence-corrected chi connectivity index (χ3v) is 5.58. The molecule has 2 aromatic carbocycles. The number of methoxy groups -OCH3 is 2. The molecule has 11 nitrogen and oxygen atoms in total. The van der Waals surface area contributed by atoms with Crippen molar-refractivity contribution < 1.29 is 33.6 Å². The molecule has 2 amide bonds. The van der Waals surface area contributed by atoms with E-state index in [4.69, 9.17) is 9.47 Å². The molecule has 0 unspecified atom stereocenters. The van der Waals surface area contributed by atoms with E-state index in [0.717, 1.165) is 12.7 Å². The molecule has 0 aliphatic rings. The minimum atomic E-state index is -1.30. The molecule has 0 heterocycles. The Morgan fingerprint density at radius 1 is 0.861 bits per heavy atom. The van der Waals surface area contributed by atoms with Gasteiger partial charge in [-0.25, -0.2) is 4.79 Å². The molecule has 0 aromatic heterocycles. The largest absolute Gasteiger partial charge is 0.469 e. The van der Waals surface area contributed by atoms with Crippen LogP contribution < -0.4 is 10.6 Å². The predicted molar refractivity (Wildman–Crippen MR) is 129 cm³/mol. The van der Waals surface area contributed by atoms with E-state index in [9.17, 15) is 29.3 Å². The van der Waals surface area contributed by atoms with Gasteiger partial charge in [0.15, 0.2) is 0 Å². The molecule has 0 saturated carbocycles. The van der Waals surface area contributed by atoms with Gasteiger partial charge in [-0.15, -0.1) is 0 Å². The van der Waals surface area contributed by atoms with Crippen LogP contribution in [0, 0.1) is 10.1 Å². The summed E-state index contributed by atoms with van der Waals surface area (Å²) in [6.45, 7) is 1.82. The van der Waals surface area contributed by atoms with Crippen molar-refractivity contribution in [3.63, 3.8) is 0 Å². The van der Waals surface area contributed by atoms with Gasteiger partial charge in [0.1, 0.15) is 6.04 Å². The highest BCUT2D eigenvalue weighted by atomic mass is 16.6. The highest BCUT2D eigenvalue weighted by molar-refractivity contribution is 5.88. The number of non-ortho nitro benzene ring substituents is 1. The van der Waals surface area contributed by atoms with Gasteiger partial charge in [0, 0.05) is 30.9 Å². The molecule has 3 atom stereocenters. The van der Waals surface area contributed by atoms with Gasteiger partial charge < -0.3 is 20.1 Å². The maximum Gasteiger partial charge on any atom is 0.329 e. The first-order valence-electron chi connectivity index (χ1n) is 11.2. The van der Waals surface area contributed by atoms with Gasteiger partial charge in [-0.1, -0.05) is 42.5 Å². The maximum absolute atomic E-state index is 12.7. The number of esters is 2. The van der Waals surface area contributed by atoms with E-state index >= 15 is 0 Å². The minimum absolute atomic E-state index is 0.129. The van der Waals surface area contributed by atoms with Crippen molar-refractivity contribution in [1.29, 1.82) is 0 Å². The lowest BCUT2D eigenvalue weighted by molar-refractivity contribution is -0.384. The number of nitrogens with one attached hydrogen (secondary N) is 2. The van der Waals surface area contributed by atoms with Crippen molar-refractivity contribution in [3.8, 4) is 0 Å². The number of carbonyl (C=O) groups excluding carboxylic acids is 4. The Morgan fingerprint density at radius 3 is 1.97 bits per heavy atom. The summed E-state index contributed by atoms with van der Waals surface area (Å²) in [4.78, 5) is 60.0. The standard InChI is InChI=1S/C25H29N3O8/c1-16(17-7-5-4-6-8-17)26-21(29)13-14-22(30)27-24(25(32)36-3)20(15-23(31)35-2)18-9-11-19(12-10-18)28(33)34/h4-12,16,20,24H,13-15H2,1-3H3,(H,26,29)(H,27,30)/t16-,20-,24-/m1/s1. The third kappa shape index (κ3) is 8.19. The first-order chi connectivity index (χ1) is 17.2. The number of amides is 2. The Labute approximate surface area is 208 Å². The van der Waals surface area contributed by atoms with Crippen molar-refractivity contribution in [3.05, 3.63) is 75.8 Å². The molecule has 0 saturated heterocycles. The molecule has 36 heavy (non-hydrogen) atoms. The van der Waals surface area contributed by atoms with Crippen LogP contribution in [0.3, 0.4) is 0 Å². The van der Waals surface area contributed by atoms with Gasteiger partial charge in [-0.05, 0) is 18.1 Å². The Kier molecular flexibility index (Phi) is 10.5. The summed E-state index contributed by atoms with van der Waals surface area (Å²) in [6.07, 6.45) is -0.647. The summed E-state index contributed by atoms with van der Waals surface area (Å²) < 4.78 is 9.55. The summed E-state index contributed by atoms with van der Waals surface area (Å²) in [5, 5.41) is 16.3. The van der Waals surface area contributed by atoms with E-state index < -0.39 is 34.7 Å². The zero-order valence-corrected chi connectivity index (χ0v) is 20.3. The van der Waals surface area contributed by atoms with E-state index in [1.807, 2.05) is 37.3 Å². The Bertz CT molecular complexity index is 1070. The number of nitro groups is 1. The second-order valence-electron chi connectivity index (χ2n) is 8.00. The van der Waals surface area contributed by atoms with Crippen molar-refractivity contribution in [2.75, 3.05) is 14.2 Å². The molecular weight excluding hydrogens is 470 g/mol. The molecule has 0 bridgehead atoms. The second-order valence-corrected chi connectivity index (χ2v) is 8.00. The molecule has 2 aromatic rings. The quantitative estimate of drug-likeness (QED) is 0.257. The number of nitro benzene ring substituents is 1. The normalized spacial score (nSPS) is 13.0. The maximum atomic E-state index is 12.7. The monoisotopic (exact) mass is 499 g/mol. The number of rotatable bonds is 12. The molecule has 0 spiro atoms. The van der Waals surface area contributed by atoms with Gasteiger partial charge >= 0.3 is 11.9 Å². The van der Waals surface area contributed by atoms with E-state index in [2.05, 4.69) is 10.6 Å². The lowest BCUT2D eigenvalue weighted by atomic mass is 9.88. The second kappa shape index (κ2) is 13.6. The van der Waals surface area contributed by atoms with E-state index in [-0.39, 0.29) is 36.9 Å². The average molecular weight is 500 g/mol. The number of hydrogen-bond donors (Lipinski definition) is 2. The molecule has 11 heteroatoms. The van der Waals surface area contributed by atoms with Crippen LogP contribution in [0.1, 0.15) is 49.3 Å². The van der Waals surface area contributed by atoms with Crippen LogP contribution in [-0.2, 0) is 28.7 Å². The molecular formula is C25H29N3O8. The summed E-state index contributed by atoms with van der Waals surface area (Å²) >= 11 is 0.